The van der Waals surface area contributed by atoms with E-state index in [1.54, 1.807) is 32.0 Å². The van der Waals surface area contributed by atoms with Crippen LogP contribution in [0.4, 0.5) is 0 Å². The van der Waals surface area contributed by atoms with Gasteiger partial charge in [-0.2, -0.15) is 5.26 Å². The lowest BCUT2D eigenvalue weighted by atomic mass is 9.90. The molecule has 0 aliphatic carbocycles. The van der Waals surface area contributed by atoms with E-state index in [1.807, 2.05) is 19.9 Å². The number of ether oxygens (including phenoxy) is 1. The lowest BCUT2D eigenvalue weighted by molar-refractivity contribution is -0.125. The monoisotopic (exact) mass is 350 g/mol. The molecule has 0 aliphatic rings. The summed E-state index contributed by atoms with van der Waals surface area (Å²) in [5.41, 5.74) is -0.858. The van der Waals surface area contributed by atoms with Gasteiger partial charge < -0.3 is 10.1 Å². The number of esters is 1. The van der Waals surface area contributed by atoms with E-state index in [0.29, 0.717) is 10.6 Å². The van der Waals surface area contributed by atoms with Crippen molar-refractivity contribution >= 4 is 22.7 Å². The third-order valence-corrected chi connectivity index (χ3v) is 5.11. The number of benzene rings is 1. The number of carbonyl (C=O) groups excluding carboxylic acids is 2. The summed E-state index contributed by atoms with van der Waals surface area (Å²) < 4.78 is 17.0. The van der Waals surface area contributed by atoms with Gasteiger partial charge in [-0.3, -0.25) is 9.00 Å². The Morgan fingerprint density at radius 3 is 2.54 bits per heavy atom. The van der Waals surface area contributed by atoms with E-state index in [9.17, 15) is 19.1 Å². The Bertz CT molecular complexity index is 681. The standard InChI is InChI=1S/C17H22N2O4S/c1-5-24(22)14-9-7-6-8-13(14)16(21)23-10-15(20)19-17(4,11-18)12(2)3/h6-9,12H,5,10H2,1-4H3,(H,19,20)/t17-,24+/m0/s1. The molecule has 0 spiro atoms. The van der Waals surface area contributed by atoms with Gasteiger partial charge in [0.15, 0.2) is 6.61 Å². The largest absolute Gasteiger partial charge is 0.452 e. The molecule has 1 aromatic carbocycles. The summed E-state index contributed by atoms with van der Waals surface area (Å²) in [5.74, 6) is -1.00. The second kappa shape index (κ2) is 8.60. The molecule has 0 bridgehead atoms. The molecule has 0 radical (unpaired) electrons. The van der Waals surface area contributed by atoms with E-state index in [4.69, 9.17) is 4.74 Å². The SMILES string of the molecule is CC[S@@](=O)c1ccccc1C(=O)OCC(=O)N[C@@](C)(C#N)C(C)C. The minimum atomic E-state index is -1.30. The Kier molecular flexibility index (Phi) is 7.11. The van der Waals surface area contributed by atoms with Crippen LogP contribution in [0.2, 0.25) is 0 Å². The van der Waals surface area contributed by atoms with Crippen LogP contribution in [0, 0.1) is 17.2 Å². The maximum absolute atomic E-state index is 12.2. The average Bonchev–Trinajstić information content (AvgIpc) is 2.58. The van der Waals surface area contributed by atoms with Crippen molar-refractivity contribution in [1.29, 1.82) is 5.26 Å². The minimum absolute atomic E-state index is 0.102. The summed E-state index contributed by atoms with van der Waals surface area (Å²) in [4.78, 5) is 24.5. The molecule has 0 saturated heterocycles. The number of hydrogen-bond acceptors (Lipinski definition) is 5. The molecule has 24 heavy (non-hydrogen) atoms. The molecule has 0 saturated carbocycles. The smallest absolute Gasteiger partial charge is 0.339 e. The number of hydrogen-bond donors (Lipinski definition) is 1. The highest BCUT2D eigenvalue weighted by atomic mass is 32.2. The number of nitrogens with zero attached hydrogens (tertiary/aromatic N) is 1. The molecule has 0 aliphatic heterocycles. The summed E-state index contributed by atoms with van der Waals surface area (Å²) >= 11 is 0. The normalized spacial score (nSPS) is 14.3. The Hall–Kier alpha value is -2.20. The highest BCUT2D eigenvalue weighted by Gasteiger charge is 2.30. The average molecular weight is 350 g/mol. The van der Waals surface area contributed by atoms with Crippen molar-refractivity contribution in [3.8, 4) is 6.07 Å². The van der Waals surface area contributed by atoms with E-state index < -0.39 is 34.8 Å². The summed E-state index contributed by atoms with van der Waals surface area (Å²) in [6, 6.07) is 8.48. The first-order valence-corrected chi connectivity index (χ1v) is 8.93. The van der Waals surface area contributed by atoms with E-state index in [1.165, 1.54) is 6.07 Å². The van der Waals surface area contributed by atoms with Crippen molar-refractivity contribution in [2.24, 2.45) is 5.92 Å². The molecule has 0 fully saturated rings. The second-order valence-electron chi connectivity index (χ2n) is 5.72. The van der Waals surface area contributed by atoms with Gasteiger partial charge in [0.1, 0.15) is 5.54 Å². The zero-order valence-electron chi connectivity index (χ0n) is 14.3. The van der Waals surface area contributed by atoms with Crippen molar-refractivity contribution in [3.63, 3.8) is 0 Å². The summed E-state index contributed by atoms with van der Waals surface area (Å²) in [7, 11) is -1.30. The highest BCUT2D eigenvalue weighted by molar-refractivity contribution is 7.85. The van der Waals surface area contributed by atoms with Crippen molar-refractivity contribution in [2.75, 3.05) is 12.4 Å². The van der Waals surface area contributed by atoms with Gasteiger partial charge in [0.25, 0.3) is 5.91 Å². The lowest BCUT2D eigenvalue weighted by Crippen LogP contribution is -2.50. The van der Waals surface area contributed by atoms with Crippen LogP contribution < -0.4 is 5.32 Å². The molecule has 130 valence electrons. The van der Waals surface area contributed by atoms with Crippen LogP contribution in [0.15, 0.2) is 29.2 Å². The molecule has 6 nitrogen and oxygen atoms in total. The minimum Gasteiger partial charge on any atom is -0.452 e. The zero-order chi connectivity index (χ0) is 18.3. The van der Waals surface area contributed by atoms with E-state index in [0.717, 1.165) is 0 Å². The molecule has 0 aromatic heterocycles. The fourth-order valence-corrected chi connectivity index (χ4v) is 2.76. The first-order chi connectivity index (χ1) is 11.2. The number of rotatable bonds is 7. The quantitative estimate of drug-likeness (QED) is 0.759. The van der Waals surface area contributed by atoms with Crippen LogP contribution in [0.5, 0.6) is 0 Å². The first-order valence-electron chi connectivity index (χ1n) is 7.62. The van der Waals surface area contributed by atoms with Crippen LogP contribution in [0.1, 0.15) is 38.1 Å². The molecule has 0 heterocycles. The molecule has 1 amide bonds. The summed E-state index contributed by atoms with van der Waals surface area (Å²) in [6.07, 6.45) is 0. The topological polar surface area (TPSA) is 96.3 Å². The van der Waals surface area contributed by atoms with Crippen LogP contribution >= 0.6 is 0 Å². The van der Waals surface area contributed by atoms with E-state index >= 15 is 0 Å². The number of nitrogens with one attached hydrogen (secondary N) is 1. The van der Waals surface area contributed by atoms with Gasteiger partial charge in [0, 0.05) is 5.75 Å². The van der Waals surface area contributed by atoms with E-state index in [-0.39, 0.29) is 11.5 Å². The van der Waals surface area contributed by atoms with Gasteiger partial charge in [0.05, 0.1) is 27.3 Å². The Morgan fingerprint density at radius 1 is 1.38 bits per heavy atom. The van der Waals surface area contributed by atoms with Gasteiger partial charge in [0.2, 0.25) is 0 Å². The fourth-order valence-electron chi connectivity index (χ4n) is 1.83. The van der Waals surface area contributed by atoms with Crippen molar-refractivity contribution < 1.29 is 18.5 Å². The zero-order valence-corrected chi connectivity index (χ0v) is 15.1. The third-order valence-electron chi connectivity index (χ3n) is 3.73. The predicted octanol–water partition coefficient (Wildman–Crippen LogP) is 2.03. The predicted molar refractivity (Wildman–Crippen MR) is 90.7 cm³/mol. The second-order valence-corrected chi connectivity index (χ2v) is 7.43. The number of carbonyl (C=O) groups is 2. The van der Waals surface area contributed by atoms with E-state index in [2.05, 4.69) is 5.32 Å². The van der Waals surface area contributed by atoms with Gasteiger partial charge in [-0.25, -0.2) is 4.79 Å². The molecule has 1 aromatic rings. The molecule has 7 heteroatoms. The molecule has 1 N–H and O–H groups in total. The van der Waals surface area contributed by atoms with Crippen LogP contribution in [-0.2, 0) is 20.3 Å². The lowest BCUT2D eigenvalue weighted by Gasteiger charge is -2.27. The van der Waals surface area contributed by atoms with Crippen LogP contribution in [-0.4, -0.2) is 34.0 Å². The number of amides is 1. The Morgan fingerprint density at radius 2 is 2.00 bits per heavy atom. The van der Waals surface area contributed by atoms with Crippen molar-refractivity contribution in [2.45, 2.75) is 38.1 Å². The number of nitriles is 1. The third kappa shape index (κ3) is 4.90. The highest BCUT2D eigenvalue weighted by Crippen LogP contribution is 2.16. The molecular weight excluding hydrogens is 328 g/mol. The van der Waals surface area contributed by atoms with Gasteiger partial charge >= 0.3 is 5.97 Å². The Balaban J connectivity index is 2.76. The summed E-state index contributed by atoms with van der Waals surface area (Å²) in [6.45, 7) is 6.48. The molecule has 0 unspecified atom stereocenters. The summed E-state index contributed by atoms with van der Waals surface area (Å²) in [5, 5.41) is 11.7. The molecule has 1 rings (SSSR count). The maximum Gasteiger partial charge on any atom is 0.339 e. The maximum atomic E-state index is 12.2. The van der Waals surface area contributed by atoms with Gasteiger partial charge in [-0.15, -0.1) is 0 Å². The Labute approximate surface area is 144 Å². The first kappa shape index (κ1) is 19.8. The molecular formula is C17H22N2O4S. The van der Waals surface area contributed by atoms with Crippen molar-refractivity contribution in [3.05, 3.63) is 29.8 Å². The fraction of sp³-hybridized carbons (Fsp3) is 0.471. The van der Waals surface area contributed by atoms with Gasteiger partial charge in [-0.1, -0.05) is 32.9 Å². The molecule has 2 atom stereocenters. The van der Waals surface area contributed by atoms with Crippen molar-refractivity contribution in [1.82, 2.24) is 5.32 Å². The van der Waals surface area contributed by atoms with Gasteiger partial charge in [-0.05, 0) is 25.0 Å². The van der Waals surface area contributed by atoms with Crippen LogP contribution in [0.3, 0.4) is 0 Å². The van der Waals surface area contributed by atoms with Crippen LogP contribution in [0.25, 0.3) is 0 Å².